The van der Waals surface area contributed by atoms with Crippen LogP contribution in [0.2, 0.25) is 0 Å². The highest BCUT2D eigenvalue weighted by Gasteiger charge is 2.28. The molecule has 3 nitrogen and oxygen atoms in total. The summed E-state index contributed by atoms with van der Waals surface area (Å²) >= 11 is 0. The lowest BCUT2D eigenvalue weighted by Gasteiger charge is -2.30. The van der Waals surface area contributed by atoms with Crippen molar-refractivity contribution in [3.05, 3.63) is 71.3 Å². The molecule has 1 heterocycles. The van der Waals surface area contributed by atoms with Crippen LogP contribution in [0.4, 0.5) is 10.5 Å². The number of hydrogen-bond donors (Lipinski definition) is 0. The number of benzene rings is 2. The smallest absolute Gasteiger partial charge is 0.415 e. The van der Waals surface area contributed by atoms with Gasteiger partial charge in [0, 0.05) is 6.42 Å². The molecule has 0 N–H and O–H groups in total. The van der Waals surface area contributed by atoms with Crippen molar-refractivity contribution in [2.75, 3.05) is 11.5 Å². The predicted octanol–water partition coefficient (Wildman–Crippen LogP) is 4.99. The Kier molecular flexibility index (Phi) is 5.76. The quantitative estimate of drug-likeness (QED) is 0.734. The first-order valence-corrected chi connectivity index (χ1v) is 8.96. The van der Waals surface area contributed by atoms with Gasteiger partial charge in [-0.1, -0.05) is 54.0 Å². The average Bonchev–Trinajstić information content (AvgIpc) is 2.65. The predicted molar refractivity (Wildman–Crippen MR) is 106 cm³/mol. The Labute approximate surface area is 155 Å². The second-order valence-electron chi connectivity index (χ2n) is 6.24. The Balaban J connectivity index is 1.78. The molecule has 0 radical (unpaired) electrons. The number of aryl methyl sites for hydroxylation is 2. The van der Waals surface area contributed by atoms with E-state index < -0.39 is 0 Å². The van der Waals surface area contributed by atoms with E-state index in [0.29, 0.717) is 6.61 Å². The van der Waals surface area contributed by atoms with Crippen molar-refractivity contribution in [3.8, 4) is 11.8 Å². The molecule has 1 atom stereocenters. The van der Waals surface area contributed by atoms with Gasteiger partial charge in [-0.25, -0.2) is 4.79 Å². The molecule has 1 aliphatic heterocycles. The van der Waals surface area contributed by atoms with Crippen molar-refractivity contribution in [1.82, 2.24) is 0 Å². The van der Waals surface area contributed by atoms with E-state index in [0.717, 1.165) is 29.7 Å². The van der Waals surface area contributed by atoms with Gasteiger partial charge in [-0.15, -0.1) is 5.92 Å². The summed E-state index contributed by atoms with van der Waals surface area (Å²) in [6.07, 6.45) is 5.30. The zero-order chi connectivity index (χ0) is 18.4. The molecular formula is C23H23NO2. The third kappa shape index (κ3) is 4.15. The summed E-state index contributed by atoms with van der Waals surface area (Å²) < 4.78 is 5.26. The number of carbonyl (C=O) groups is 1. The Morgan fingerprint density at radius 1 is 1.19 bits per heavy atom. The van der Waals surface area contributed by atoms with Crippen LogP contribution < -0.4 is 4.90 Å². The van der Waals surface area contributed by atoms with Gasteiger partial charge in [0.1, 0.15) is 6.04 Å². The number of hydrogen-bond acceptors (Lipinski definition) is 2. The van der Waals surface area contributed by atoms with E-state index in [1.807, 2.05) is 56.3 Å². The van der Waals surface area contributed by atoms with Crippen molar-refractivity contribution in [3.63, 3.8) is 0 Å². The lowest BCUT2D eigenvalue weighted by Crippen LogP contribution is -2.41. The summed E-state index contributed by atoms with van der Waals surface area (Å²) in [4.78, 5) is 14.2. The molecule has 132 valence electrons. The van der Waals surface area contributed by atoms with Gasteiger partial charge in [-0.05, 0) is 49.6 Å². The first-order chi connectivity index (χ1) is 12.7. The normalized spacial score (nSPS) is 15.0. The van der Waals surface area contributed by atoms with Crippen LogP contribution in [-0.4, -0.2) is 18.7 Å². The van der Waals surface area contributed by atoms with Crippen LogP contribution in [0.15, 0.2) is 54.6 Å². The zero-order valence-electron chi connectivity index (χ0n) is 15.2. The van der Waals surface area contributed by atoms with Gasteiger partial charge in [0.15, 0.2) is 0 Å². The molecule has 1 amide bonds. The van der Waals surface area contributed by atoms with Crippen molar-refractivity contribution in [2.45, 2.75) is 32.7 Å². The number of fused-ring (bicyclic) bond motifs is 1. The maximum Gasteiger partial charge on any atom is 0.415 e. The second kappa shape index (κ2) is 8.40. The molecular weight excluding hydrogens is 322 g/mol. The van der Waals surface area contributed by atoms with Crippen LogP contribution in [0.3, 0.4) is 0 Å². The fourth-order valence-corrected chi connectivity index (χ4v) is 3.00. The molecule has 0 saturated heterocycles. The third-order valence-corrected chi connectivity index (χ3v) is 4.27. The van der Waals surface area contributed by atoms with Crippen molar-refractivity contribution < 1.29 is 9.53 Å². The number of amides is 1. The van der Waals surface area contributed by atoms with Crippen LogP contribution in [0.5, 0.6) is 0 Å². The summed E-state index contributed by atoms with van der Waals surface area (Å²) in [6, 6.07) is 16.0. The first-order valence-electron chi connectivity index (χ1n) is 8.96. The van der Waals surface area contributed by atoms with E-state index in [1.54, 1.807) is 4.90 Å². The van der Waals surface area contributed by atoms with Crippen LogP contribution in [0, 0.1) is 18.8 Å². The van der Waals surface area contributed by atoms with E-state index in [4.69, 9.17) is 4.74 Å². The average molecular weight is 345 g/mol. The zero-order valence-corrected chi connectivity index (χ0v) is 15.2. The summed E-state index contributed by atoms with van der Waals surface area (Å²) in [5.74, 6) is 6.45. The van der Waals surface area contributed by atoms with Gasteiger partial charge in [0.05, 0.1) is 12.3 Å². The first kappa shape index (κ1) is 17.8. The molecule has 0 fully saturated rings. The number of ether oxygens (including phenoxy) is 1. The van der Waals surface area contributed by atoms with Crippen molar-refractivity contribution in [2.24, 2.45) is 0 Å². The molecule has 0 spiro atoms. The molecule has 0 aromatic heterocycles. The molecule has 0 unspecified atom stereocenters. The van der Waals surface area contributed by atoms with E-state index in [2.05, 4.69) is 30.0 Å². The topological polar surface area (TPSA) is 29.5 Å². The Morgan fingerprint density at radius 2 is 2.00 bits per heavy atom. The molecule has 1 aliphatic rings. The highest BCUT2D eigenvalue weighted by atomic mass is 16.6. The molecule has 3 rings (SSSR count). The number of rotatable bonds is 3. The van der Waals surface area contributed by atoms with Crippen molar-refractivity contribution in [1.29, 1.82) is 0 Å². The van der Waals surface area contributed by atoms with Gasteiger partial charge in [0.2, 0.25) is 0 Å². The minimum Gasteiger partial charge on any atom is -0.449 e. The van der Waals surface area contributed by atoms with Crippen LogP contribution >= 0.6 is 0 Å². The Bertz CT molecular complexity index is 859. The second-order valence-corrected chi connectivity index (χ2v) is 6.24. The van der Waals surface area contributed by atoms with E-state index in [1.165, 1.54) is 5.56 Å². The summed E-state index contributed by atoms with van der Waals surface area (Å²) in [7, 11) is 0. The number of carbonyl (C=O) groups excluding carboxylic acids is 1. The molecule has 0 bridgehead atoms. The fourth-order valence-electron chi connectivity index (χ4n) is 3.00. The van der Waals surface area contributed by atoms with E-state index in [-0.39, 0.29) is 12.1 Å². The van der Waals surface area contributed by atoms with Gasteiger partial charge in [-0.2, -0.15) is 0 Å². The van der Waals surface area contributed by atoms with E-state index >= 15 is 0 Å². The minimum atomic E-state index is -0.357. The summed E-state index contributed by atoms with van der Waals surface area (Å²) in [6.45, 7) is 4.20. The highest BCUT2D eigenvalue weighted by Crippen LogP contribution is 2.30. The molecule has 3 heteroatoms. The van der Waals surface area contributed by atoms with Gasteiger partial charge < -0.3 is 4.74 Å². The fraction of sp³-hybridized carbons (Fsp3) is 0.261. The standard InChI is InChI=1S/C23H23NO2/c1-3-26-23(25)24-21(12-8-7-11-19-9-5-4-6-10-19)15-14-20-17-18(2)13-16-22(20)24/h4-6,9-10,13-17,21H,3,7,11H2,1-2H3/t21-/m1/s1. The minimum absolute atomic E-state index is 0.306. The molecule has 0 saturated carbocycles. The molecule has 26 heavy (non-hydrogen) atoms. The Morgan fingerprint density at radius 3 is 2.77 bits per heavy atom. The molecule has 2 aromatic carbocycles. The largest absolute Gasteiger partial charge is 0.449 e. The summed E-state index contributed by atoms with van der Waals surface area (Å²) in [5.41, 5.74) is 4.29. The maximum absolute atomic E-state index is 12.5. The Hall–Kier alpha value is -2.99. The van der Waals surface area contributed by atoms with Crippen LogP contribution in [-0.2, 0) is 11.2 Å². The summed E-state index contributed by atoms with van der Waals surface area (Å²) in [5, 5.41) is 0. The SMILES string of the molecule is CCOC(=O)N1c2ccc(C)cc2C=C[C@H]1C#CCCc1ccccc1. The van der Waals surface area contributed by atoms with Gasteiger partial charge >= 0.3 is 6.09 Å². The highest BCUT2D eigenvalue weighted by molar-refractivity contribution is 5.94. The third-order valence-electron chi connectivity index (χ3n) is 4.27. The van der Waals surface area contributed by atoms with Crippen molar-refractivity contribution >= 4 is 17.9 Å². The van der Waals surface area contributed by atoms with Gasteiger partial charge in [0.25, 0.3) is 0 Å². The van der Waals surface area contributed by atoms with Crippen LogP contribution in [0.25, 0.3) is 6.08 Å². The molecule has 0 aliphatic carbocycles. The lowest BCUT2D eigenvalue weighted by atomic mass is 10.0. The van der Waals surface area contributed by atoms with E-state index in [9.17, 15) is 4.79 Å². The maximum atomic E-state index is 12.5. The monoisotopic (exact) mass is 345 g/mol. The molecule has 2 aromatic rings. The number of nitrogens with zero attached hydrogens (tertiary/aromatic N) is 1. The van der Waals surface area contributed by atoms with Crippen LogP contribution in [0.1, 0.15) is 30.0 Å². The van der Waals surface area contributed by atoms with Gasteiger partial charge in [-0.3, -0.25) is 4.90 Å². The number of anilines is 1. The lowest BCUT2D eigenvalue weighted by molar-refractivity contribution is 0.159.